The summed E-state index contributed by atoms with van der Waals surface area (Å²) in [6.07, 6.45) is 2.63. The van der Waals surface area contributed by atoms with Gasteiger partial charge in [-0.25, -0.2) is 4.79 Å². The topological polar surface area (TPSA) is 100 Å². The summed E-state index contributed by atoms with van der Waals surface area (Å²) in [5, 5.41) is 11.4. The van der Waals surface area contributed by atoms with Gasteiger partial charge in [-0.05, 0) is 16.0 Å². The molecule has 0 aliphatic rings. The fourth-order valence-electron chi connectivity index (χ4n) is 2.22. The number of nitro groups is 1. The summed E-state index contributed by atoms with van der Waals surface area (Å²) in [7, 11) is 1.27. The van der Waals surface area contributed by atoms with E-state index in [-0.39, 0.29) is 18.1 Å². The van der Waals surface area contributed by atoms with E-state index in [0.717, 1.165) is 5.39 Å². The van der Waals surface area contributed by atoms with Gasteiger partial charge in [-0.15, -0.1) is 0 Å². The largest absolute Gasteiger partial charge is 0.463 e. The molecular formula is C14H11N3O5. The van der Waals surface area contributed by atoms with Crippen LogP contribution >= 0.6 is 0 Å². The third-order valence-electron chi connectivity index (χ3n) is 3.22. The van der Waals surface area contributed by atoms with Crippen LogP contribution in [0.5, 0.6) is 0 Å². The maximum Gasteiger partial charge on any atom is 0.381 e. The van der Waals surface area contributed by atoms with Gasteiger partial charge < -0.3 is 23.8 Å². The molecule has 0 N–H and O–H groups in total. The van der Waals surface area contributed by atoms with Crippen molar-refractivity contribution in [1.29, 1.82) is 0 Å². The lowest BCUT2D eigenvalue weighted by Crippen LogP contribution is -2.06. The van der Waals surface area contributed by atoms with Crippen LogP contribution in [-0.2, 0) is 11.3 Å². The number of furan rings is 1. The van der Waals surface area contributed by atoms with Crippen LogP contribution in [0.3, 0.4) is 0 Å². The number of hydrogen-bond acceptors (Lipinski definition) is 6. The number of rotatable bonds is 4. The van der Waals surface area contributed by atoms with Gasteiger partial charge in [-0.2, -0.15) is 0 Å². The maximum absolute atomic E-state index is 11.9. The van der Waals surface area contributed by atoms with Gasteiger partial charge in [0.05, 0.1) is 13.7 Å². The van der Waals surface area contributed by atoms with Crippen LogP contribution in [0.1, 0.15) is 16.1 Å². The van der Waals surface area contributed by atoms with Gasteiger partial charge in [0.1, 0.15) is 11.8 Å². The first-order chi connectivity index (χ1) is 10.6. The highest BCUT2D eigenvalue weighted by molar-refractivity contribution is 5.96. The number of carbonyl (C=O) groups excluding carboxylic acids is 1. The van der Waals surface area contributed by atoms with E-state index in [1.54, 1.807) is 12.1 Å². The molecule has 3 aromatic rings. The Kier molecular flexibility index (Phi) is 3.34. The fourth-order valence-corrected chi connectivity index (χ4v) is 2.22. The zero-order valence-corrected chi connectivity index (χ0v) is 11.6. The third-order valence-corrected chi connectivity index (χ3v) is 3.22. The molecule has 0 unspecified atom stereocenters. The van der Waals surface area contributed by atoms with Crippen molar-refractivity contribution in [3.63, 3.8) is 0 Å². The predicted octanol–water partition coefficient (Wildman–Crippen LogP) is 2.37. The van der Waals surface area contributed by atoms with Gasteiger partial charge in [0.15, 0.2) is 0 Å². The number of esters is 1. The van der Waals surface area contributed by atoms with Gasteiger partial charge in [0.25, 0.3) is 0 Å². The van der Waals surface area contributed by atoms with Crippen molar-refractivity contribution in [2.24, 2.45) is 0 Å². The zero-order valence-electron chi connectivity index (χ0n) is 11.6. The van der Waals surface area contributed by atoms with E-state index in [2.05, 4.69) is 4.98 Å². The van der Waals surface area contributed by atoms with E-state index in [1.165, 1.54) is 24.2 Å². The number of imidazole rings is 1. The summed E-state index contributed by atoms with van der Waals surface area (Å²) in [5.74, 6) is -0.770. The molecule has 0 radical (unpaired) electrons. The lowest BCUT2D eigenvalue weighted by atomic mass is 10.1. The van der Waals surface area contributed by atoms with Crippen molar-refractivity contribution < 1.29 is 18.9 Å². The zero-order chi connectivity index (χ0) is 15.7. The molecule has 2 aromatic heterocycles. The first-order valence-electron chi connectivity index (χ1n) is 6.35. The number of nitrogens with zero attached hydrogens (tertiary/aromatic N) is 3. The Bertz CT molecular complexity index is 864. The highest BCUT2D eigenvalue weighted by Crippen LogP contribution is 2.27. The Morgan fingerprint density at radius 1 is 1.45 bits per heavy atom. The smallest absolute Gasteiger partial charge is 0.381 e. The Balaban J connectivity index is 2.07. The minimum atomic E-state index is -0.596. The van der Waals surface area contributed by atoms with Crippen molar-refractivity contribution in [2.45, 2.75) is 6.54 Å². The molecule has 8 nitrogen and oxygen atoms in total. The normalized spacial score (nSPS) is 10.8. The number of carbonyl (C=O) groups is 1. The Morgan fingerprint density at radius 3 is 2.91 bits per heavy atom. The SMILES string of the molecule is COC(=O)c1oc2ccccc2c1Cn1cnc([N+](=O)[O-])c1. The van der Waals surface area contributed by atoms with Crippen LogP contribution in [0.15, 0.2) is 41.2 Å². The highest BCUT2D eigenvalue weighted by Gasteiger charge is 2.22. The third kappa shape index (κ3) is 2.30. The maximum atomic E-state index is 11.9. The van der Waals surface area contributed by atoms with Crippen molar-refractivity contribution in [3.8, 4) is 0 Å². The van der Waals surface area contributed by atoms with E-state index in [1.807, 2.05) is 12.1 Å². The number of hydrogen-bond donors (Lipinski definition) is 0. The number of fused-ring (bicyclic) bond motifs is 1. The number of methoxy groups -OCH3 is 1. The van der Waals surface area contributed by atoms with Crippen molar-refractivity contribution in [2.75, 3.05) is 7.11 Å². The number of para-hydroxylation sites is 1. The molecule has 0 saturated heterocycles. The van der Waals surface area contributed by atoms with E-state index < -0.39 is 10.9 Å². The first-order valence-corrected chi connectivity index (χ1v) is 6.35. The van der Waals surface area contributed by atoms with Crippen LogP contribution < -0.4 is 0 Å². The van der Waals surface area contributed by atoms with Crippen LogP contribution in [0, 0.1) is 10.1 Å². The molecule has 0 atom stereocenters. The number of aromatic nitrogens is 2. The second-order valence-corrected chi connectivity index (χ2v) is 4.56. The second-order valence-electron chi connectivity index (χ2n) is 4.56. The lowest BCUT2D eigenvalue weighted by Gasteiger charge is -2.01. The van der Waals surface area contributed by atoms with E-state index in [0.29, 0.717) is 11.1 Å². The molecule has 8 heteroatoms. The molecule has 3 rings (SSSR count). The summed E-state index contributed by atoms with van der Waals surface area (Å²) < 4.78 is 11.8. The molecular weight excluding hydrogens is 290 g/mol. The molecule has 22 heavy (non-hydrogen) atoms. The summed E-state index contributed by atoms with van der Waals surface area (Å²) >= 11 is 0. The molecule has 2 heterocycles. The summed E-state index contributed by atoms with van der Waals surface area (Å²) in [6, 6.07) is 7.16. The molecule has 0 amide bonds. The first kappa shape index (κ1) is 13.8. The molecule has 0 saturated carbocycles. The second kappa shape index (κ2) is 5.32. The molecule has 112 valence electrons. The predicted molar refractivity (Wildman–Crippen MR) is 75.5 cm³/mol. The van der Waals surface area contributed by atoms with Gasteiger partial charge in [-0.1, -0.05) is 18.2 Å². The monoisotopic (exact) mass is 301 g/mol. The standard InChI is InChI=1S/C14H11N3O5/c1-21-14(18)13-10(9-4-2-3-5-11(9)22-13)6-16-7-12(15-8-16)17(19)20/h2-5,7-8H,6H2,1H3. The molecule has 0 aliphatic carbocycles. The average molecular weight is 301 g/mol. The van der Waals surface area contributed by atoms with Crippen molar-refractivity contribution in [1.82, 2.24) is 9.55 Å². The van der Waals surface area contributed by atoms with Crippen LogP contribution in [-0.4, -0.2) is 27.6 Å². The number of ether oxygens (including phenoxy) is 1. The van der Waals surface area contributed by atoms with Gasteiger partial charge in [-0.3, -0.25) is 0 Å². The Labute approximate surface area is 124 Å². The molecule has 1 aromatic carbocycles. The van der Waals surface area contributed by atoms with E-state index >= 15 is 0 Å². The van der Waals surface area contributed by atoms with Crippen LogP contribution in [0.25, 0.3) is 11.0 Å². The Hall–Kier alpha value is -3.16. The van der Waals surface area contributed by atoms with Gasteiger partial charge >= 0.3 is 11.8 Å². The van der Waals surface area contributed by atoms with Crippen molar-refractivity contribution in [3.05, 3.63) is 58.2 Å². The van der Waals surface area contributed by atoms with E-state index in [4.69, 9.17) is 9.15 Å². The summed E-state index contributed by atoms with van der Waals surface area (Å²) in [5.41, 5.74) is 1.14. The average Bonchev–Trinajstić information content (AvgIpc) is 3.12. The molecule has 0 spiro atoms. The van der Waals surface area contributed by atoms with Crippen LogP contribution in [0.4, 0.5) is 5.82 Å². The molecule has 0 aliphatic heterocycles. The van der Waals surface area contributed by atoms with E-state index in [9.17, 15) is 14.9 Å². The van der Waals surface area contributed by atoms with Gasteiger partial charge in [0.2, 0.25) is 12.1 Å². The quantitative estimate of drug-likeness (QED) is 0.416. The summed E-state index contributed by atoms with van der Waals surface area (Å²) in [6.45, 7) is 0.211. The molecule has 0 fully saturated rings. The minimum Gasteiger partial charge on any atom is -0.463 e. The fraction of sp³-hybridized carbons (Fsp3) is 0.143. The summed E-state index contributed by atoms with van der Waals surface area (Å²) in [4.78, 5) is 25.7. The number of benzene rings is 1. The Morgan fingerprint density at radius 2 is 2.23 bits per heavy atom. The highest BCUT2D eigenvalue weighted by atomic mass is 16.6. The lowest BCUT2D eigenvalue weighted by molar-refractivity contribution is -0.389. The molecule has 0 bridgehead atoms. The van der Waals surface area contributed by atoms with Crippen LogP contribution in [0.2, 0.25) is 0 Å². The minimum absolute atomic E-state index is 0.0834. The van der Waals surface area contributed by atoms with Gasteiger partial charge in [0, 0.05) is 10.9 Å². The van der Waals surface area contributed by atoms with Crippen molar-refractivity contribution >= 4 is 22.8 Å².